The van der Waals surface area contributed by atoms with Crippen LogP contribution in [0.3, 0.4) is 0 Å². The van der Waals surface area contributed by atoms with Crippen LogP contribution in [-0.4, -0.2) is 26.1 Å². The highest BCUT2D eigenvalue weighted by atomic mass is 16.7. The maximum absolute atomic E-state index is 5.58. The van der Waals surface area contributed by atoms with Crippen molar-refractivity contribution >= 4 is 0 Å². The molecular weight excluding hydrogens is 204 g/mol. The highest BCUT2D eigenvalue weighted by molar-refractivity contribution is 5.28. The Morgan fingerprint density at radius 2 is 1.88 bits per heavy atom. The Labute approximate surface area is 96.3 Å². The third-order valence-corrected chi connectivity index (χ3v) is 2.40. The van der Waals surface area contributed by atoms with E-state index in [4.69, 9.17) is 21.1 Å². The van der Waals surface area contributed by atoms with Crippen LogP contribution in [0.1, 0.15) is 18.4 Å². The van der Waals surface area contributed by atoms with E-state index in [-0.39, 0.29) is 6.29 Å². The van der Waals surface area contributed by atoms with Gasteiger partial charge in [0.2, 0.25) is 0 Å². The van der Waals surface area contributed by atoms with Crippen LogP contribution in [0.25, 0.3) is 0 Å². The molecule has 1 aromatic rings. The molecule has 0 saturated carbocycles. The van der Waals surface area contributed by atoms with Crippen LogP contribution < -0.4 is 4.74 Å². The molecule has 0 amide bonds. The second kappa shape index (κ2) is 5.87. The van der Waals surface area contributed by atoms with Gasteiger partial charge in [0.15, 0.2) is 6.29 Å². The van der Waals surface area contributed by atoms with Crippen LogP contribution in [0.15, 0.2) is 24.3 Å². The Hall–Kier alpha value is -1.06. The first kappa shape index (κ1) is 11.4. The number of ether oxygens (including phenoxy) is 3. The zero-order chi connectivity index (χ0) is 11.2. The molecule has 2 radical (unpaired) electrons. The van der Waals surface area contributed by atoms with E-state index in [9.17, 15) is 0 Å². The van der Waals surface area contributed by atoms with Gasteiger partial charge in [0, 0.05) is 6.42 Å². The molecule has 0 spiro atoms. The molecule has 0 aliphatic carbocycles. The lowest BCUT2D eigenvalue weighted by Gasteiger charge is -2.23. The maximum Gasteiger partial charge on any atom is 0.160 e. The summed E-state index contributed by atoms with van der Waals surface area (Å²) >= 11 is 0. The average molecular weight is 220 g/mol. The molecular formula is C13H16O3. The van der Waals surface area contributed by atoms with Gasteiger partial charge in [-0.05, 0) is 31.0 Å². The Balaban J connectivity index is 1.69. The van der Waals surface area contributed by atoms with Crippen molar-refractivity contribution in [3.05, 3.63) is 36.8 Å². The van der Waals surface area contributed by atoms with E-state index < -0.39 is 0 Å². The first-order valence-corrected chi connectivity index (χ1v) is 5.56. The van der Waals surface area contributed by atoms with Crippen LogP contribution in [0, 0.1) is 6.92 Å². The Kier molecular flexibility index (Phi) is 4.19. The quantitative estimate of drug-likeness (QED) is 0.779. The minimum atomic E-state index is -0.109. The SMILES string of the molecule is [CH]c1ccc(OCCC2OCCCO2)cc1. The highest BCUT2D eigenvalue weighted by Crippen LogP contribution is 2.13. The van der Waals surface area contributed by atoms with E-state index in [2.05, 4.69) is 0 Å². The normalized spacial score (nSPS) is 17.3. The first-order chi connectivity index (χ1) is 7.84. The van der Waals surface area contributed by atoms with Gasteiger partial charge in [-0.25, -0.2) is 0 Å². The van der Waals surface area contributed by atoms with Crippen molar-refractivity contribution in [2.45, 2.75) is 19.1 Å². The van der Waals surface area contributed by atoms with Gasteiger partial charge in [-0.3, -0.25) is 0 Å². The topological polar surface area (TPSA) is 27.7 Å². The van der Waals surface area contributed by atoms with Crippen LogP contribution in [0.2, 0.25) is 0 Å². The van der Waals surface area contributed by atoms with Crippen LogP contribution in [0.5, 0.6) is 5.75 Å². The number of rotatable bonds is 4. The fourth-order valence-electron chi connectivity index (χ4n) is 1.54. The van der Waals surface area contributed by atoms with Crippen molar-refractivity contribution in [3.8, 4) is 5.75 Å². The number of hydrogen-bond acceptors (Lipinski definition) is 3. The molecule has 1 aliphatic rings. The fourth-order valence-corrected chi connectivity index (χ4v) is 1.54. The van der Waals surface area contributed by atoms with E-state index in [1.807, 2.05) is 24.3 Å². The van der Waals surface area contributed by atoms with Gasteiger partial charge in [0.25, 0.3) is 0 Å². The molecule has 16 heavy (non-hydrogen) atoms. The molecule has 3 nitrogen and oxygen atoms in total. The smallest absolute Gasteiger partial charge is 0.160 e. The summed E-state index contributed by atoms with van der Waals surface area (Å²) in [5.74, 6) is 0.824. The van der Waals surface area contributed by atoms with Crippen molar-refractivity contribution in [3.63, 3.8) is 0 Å². The van der Waals surface area contributed by atoms with Crippen LogP contribution >= 0.6 is 0 Å². The third kappa shape index (κ3) is 3.51. The second-order valence-electron chi connectivity index (χ2n) is 3.73. The zero-order valence-electron chi connectivity index (χ0n) is 9.22. The largest absolute Gasteiger partial charge is 0.493 e. The lowest BCUT2D eigenvalue weighted by molar-refractivity contribution is -0.183. The molecule has 3 heteroatoms. The summed E-state index contributed by atoms with van der Waals surface area (Å²) in [6, 6.07) is 7.36. The predicted octanol–water partition coefficient (Wildman–Crippen LogP) is 2.28. The zero-order valence-corrected chi connectivity index (χ0v) is 9.22. The summed E-state index contributed by atoms with van der Waals surface area (Å²) in [4.78, 5) is 0. The third-order valence-electron chi connectivity index (χ3n) is 2.40. The van der Waals surface area contributed by atoms with Gasteiger partial charge in [-0.1, -0.05) is 12.1 Å². The van der Waals surface area contributed by atoms with Crippen LogP contribution in [0.4, 0.5) is 0 Å². The molecule has 1 saturated heterocycles. The van der Waals surface area contributed by atoms with Gasteiger partial charge < -0.3 is 14.2 Å². The molecule has 0 aromatic heterocycles. The summed E-state index contributed by atoms with van der Waals surface area (Å²) in [5.41, 5.74) is 0.742. The average Bonchev–Trinajstić information content (AvgIpc) is 2.33. The molecule has 1 aromatic carbocycles. The number of hydrogen-bond donors (Lipinski definition) is 0. The van der Waals surface area contributed by atoms with E-state index in [1.165, 1.54) is 0 Å². The molecule has 1 heterocycles. The summed E-state index contributed by atoms with van der Waals surface area (Å²) in [5, 5.41) is 0. The molecule has 2 rings (SSSR count). The van der Waals surface area contributed by atoms with Crippen molar-refractivity contribution < 1.29 is 14.2 Å². The lowest BCUT2D eigenvalue weighted by Crippen LogP contribution is -2.26. The molecule has 0 N–H and O–H groups in total. The van der Waals surface area contributed by atoms with E-state index in [0.29, 0.717) is 6.61 Å². The van der Waals surface area contributed by atoms with Gasteiger partial charge in [0.05, 0.1) is 19.8 Å². The summed E-state index contributed by atoms with van der Waals surface area (Å²) < 4.78 is 16.4. The maximum atomic E-state index is 5.58. The first-order valence-electron chi connectivity index (χ1n) is 5.56. The van der Waals surface area contributed by atoms with Gasteiger partial charge >= 0.3 is 0 Å². The van der Waals surface area contributed by atoms with Crippen LogP contribution in [-0.2, 0) is 9.47 Å². The Bertz CT molecular complexity index is 301. The van der Waals surface area contributed by atoms with Gasteiger partial charge in [0.1, 0.15) is 5.75 Å². The molecule has 0 unspecified atom stereocenters. The van der Waals surface area contributed by atoms with Crippen molar-refractivity contribution in [2.75, 3.05) is 19.8 Å². The minimum absolute atomic E-state index is 0.109. The highest BCUT2D eigenvalue weighted by Gasteiger charge is 2.13. The predicted molar refractivity (Wildman–Crippen MR) is 60.3 cm³/mol. The summed E-state index contributed by atoms with van der Waals surface area (Å²) in [6.07, 6.45) is 1.63. The minimum Gasteiger partial charge on any atom is -0.493 e. The Morgan fingerprint density at radius 3 is 2.56 bits per heavy atom. The lowest BCUT2D eigenvalue weighted by atomic mass is 10.2. The van der Waals surface area contributed by atoms with E-state index >= 15 is 0 Å². The molecule has 0 bridgehead atoms. The number of benzene rings is 1. The summed E-state index contributed by atoms with van der Waals surface area (Å²) in [7, 11) is 0. The van der Waals surface area contributed by atoms with Crippen molar-refractivity contribution in [1.82, 2.24) is 0 Å². The van der Waals surface area contributed by atoms with Gasteiger partial charge in [-0.15, -0.1) is 0 Å². The van der Waals surface area contributed by atoms with E-state index in [0.717, 1.165) is 37.4 Å². The second-order valence-corrected chi connectivity index (χ2v) is 3.73. The molecule has 1 aliphatic heterocycles. The Morgan fingerprint density at radius 1 is 1.19 bits per heavy atom. The summed E-state index contributed by atoms with van der Waals surface area (Å²) in [6.45, 7) is 7.74. The molecule has 86 valence electrons. The fraction of sp³-hybridized carbons (Fsp3) is 0.462. The van der Waals surface area contributed by atoms with E-state index in [1.54, 1.807) is 0 Å². The molecule has 0 atom stereocenters. The standard InChI is InChI=1S/C13H16O3/c1-11-3-5-12(6-4-11)14-10-7-13-15-8-2-9-16-13/h1,3-6,13H,2,7-10H2. The van der Waals surface area contributed by atoms with Crippen molar-refractivity contribution in [2.24, 2.45) is 0 Å². The van der Waals surface area contributed by atoms with Crippen molar-refractivity contribution in [1.29, 1.82) is 0 Å². The monoisotopic (exact) mass is 220 g/mol. The van der Waals surface area contributed by atoms with Gasteiger partial charge in [-0.2, -0.15) is 0 Å². The molecule has 1 fully saturated rings.